The molecule has 0 aliphatic rings. The molecule has 0 aliphatic carbocycles. The summed E-state index contributed by atoms with van der Waals surface area (Å²) in [7, 11) is 0. The van der Waals surface area contributed by atoms with Gasteiger partial charge in [0.25, 0.3) is 0 Å². The van der Waals surface area contributed by atoms with E-state index >= 15 is 0 Å². The van der Waals surface area contributed by atoms with Crippen LogP contribution < -0.4 is 0 Å². The fourth-order valence-corrected chi connectivity index (χ4v) is 2.08. The van der Waals surface area contributed by atoms with Gasteiger partial charge in [-0.15, -0.1) is 6.58 Å². The summed E-state index contributed by atoms with van der Waals surface area (Å²) in [5.41, 5.74) is 3.80. The first-order chi connectivity index (χ1) is 8.83. The number of allylic oxidation sites excluding steroid dienone is 1. The van der Waals surface area contributed by atoms with E-state index in [1.165, 1.54) is 11.1 Å². The number of benzene rings is 2. The Kier molecular flexibility index (Phi) is 4.14. The van der Waals surface area contributed by atoms with Gasteiger partial charge in [-0.1, -0.05) is 73.3 Å². The predicted molar refractivity (Wildman–Crippen MR) is 79.6 cm³/mol. The summed E-state index contributed by atoms with van der Waals surface area (Å²) < 4.78 is 0. The van der Waals surface area contributed by atoms with E-state index in [2.05, 4.69) is 61.7 Å². The van der Waals surface area contributed by atoms with Gasteiger partial charge in [0.05, 0.1) is 0 Å². The smallest absolute Gasteiger partial charge is 0.00557 e. The third-order valence-electron chi connectivity index (χ3n) is 3.18. The Morgan fingerprint density at radius 3 is 2.11 bits per heavy atom. The number of rotatable bonds is 5. The second kappa shape index (κ2) is 6.02. The second-order valence-corrected chi connectivity index (χ2v) is 4.40. The summed E-state index contributed by atoms with van der Waals surface area (Å²) in [4.78, 5) is 0. The summed E-state index contributed by atoms with van der Waals surface area (Å²) in [5, 5.41) is 0. The SMILES string of the molecule is C=Cc1ccc(C(C=C)Cc2ccccc2)cc1. The molecule has 0 aliphatic heterocycles. The lowest BCUT2D eigenvalue weighted by Crippen LogP contribution is -1.99. The molecule has 0 bridgehead atoms. The van der Waals surface area contributed by atoms with Crippen LogP contribution in [0, 0.1) is 0 Å². The summed E-state index contributed by atoms with van der Waals surface area (Å²) in [6.45, 7) is 7.73. The van der Waals surface area contributed by atoms with E-state index < -0.39 is 0 Å². The first-order valence-corrected chi connectivity index (χ1v) is 6.22. The van der Waals surface area contributed by atoms with E-state index in [0.29, 0.717) is 5.92 Å². The molecule has 2 rings (SSSR count). The van der Waals surface area contributed by atoms with Crippen molar-refractivity contribution in [3.05, 3.63) is 90.5 Å². The van der Waals surface area contributed by atoms with Crippen molar-refractivity contribution in [3.8, 4) is 0 Å². The Hall–Kier alpha value is -2.08. The molecule has 2 aromatic rings. The van der Waals surface area contributed by atoms with Gasteiger partial charge in [-0.05, 0) is 23.1 Å². The first-order valence-electron chi connectivity index (χ1n) is 6.22. The maximum Gasteiger partial charge on any atom is 0.00557 e. The van der Waals surface area contributed by atoms with Gasteiger partial charge in [-0.2, -0.15) is 0 Å². The van der Waals surface area contributed by atoms with E-state index in [1.54, 1.807) is 0 Å². The molecule has 0 nitrogen and oxygen atoms in total. The van der Waals surface area contributed by atoms with Gasteiger partial charge in [0, 0.05) is 5.92 Å². The quantitative estimate of drug-likeness (QED) is 0.649. The van der Waals surface area contributed by atoms with Crippen molar-refractivity contribution in [1.82, 2.24) is 0 Å². The molecule has 0 saturated carbocycles. The first kappa shape index (κ1) is 12.4. The number of hydrogen-bond donors (Lipinski definition) is 0. The largest absolute Gasteiger partial charge is 0.102 e. The van der Waals surface area contributed by atoms with Crippen molar-refractivity contribution in [2.45, 2.75) is 12.3 Å². The van der Waals surface area contributed by atoms with Crippen molar-refractivity contribution >= 4 is 6.08 Å². The van der Waals surface area contributed by atoms with Crippen LogP contribution in [0.1, 0.15) is 22.6 Å². The van der Waals surface area contributed by atoms with E-state index in [-0.39, 0.29) is 0 Å². The predicted octanol–water partition coefficient (Wildman–Crippen LogP) is 4.84. The molecule has 0 spiro atoms. The van der Waals surface area contributed by atoms with Crippen molar-refractivity contribution in [3.63, 3.8) is 0 Å². The van der Waals surface area contributed by atoms with Crippen LogP contribution >= 0.6 is 0 Å². The lowest BCUT2D eigenvalue weighted by atomic mass is 9.91. The molecule has 0 fully saturated rings. The molecule has 0 aromatic heterocycles. The van der Waals surface area contributed by atoms with Crippen molar-refractivity contribution in [2.24, 2.45) is 0 Å². The van der Waals surface area contributed by atoms with Crippen LogP contribution in [-0.2, 0) is 6.42 Å². The van der Waals surface area contributed by atoms with Crippen LogP contribution in [0.5, 0.6) is 0 Å². The molecular formula is C18H18. The summed E-state index contributed by atoms with van der Waals surface area (Å²) in [6.07, 6.45) is 4.89. The highest BCUT2D eigenvalue weighted by atomic mass is 14.1. The minimum Gasteiger partial charge on any atom is -0.102 e. The Bertz CT molecular complexity index is 505. The van der Waals surface area contributed by atoms with E-state index in [4.69, 9.17) is 0 Å². The molecule has 0 N–H and O–H groups in total. The lowest BCUT2D eigenvalue weighted by Gasteiger charge is -2.13. The van der Waals surface area contributed by atoms with E-state index in [1.807, 2.05) is 18.2 Å². The van der Waals surface area contributed by atoms with Gasteiger partial charge >= 0.3 is 0 Å². The summed E-state index contributed by atoms with van der Waals surface area (Å²) in [6, 6.07) is 19.0. The maximum absolute atomic E-state index is 3.96. The van der Waals surface area contributed by atoms with Crippen LogP contribution in [0.15, 0.2) is 73.8 Å². The second-order valence-electron chi connectivity index (χ2n) is 4.40. The molecule has 0 heteroatoms. The standard InChI is InChI=1S/C18H18/c1-3-15-10-12-18(13-11-15)17(4-2)14-16-8-6-5-7-9-16/h3-13,17H,1-2,14H2. The average molecular weight is 234 g/mol. The zero-order valence-electron chi connectivity index (χ0n) is 10.5. The normalized spacial score (nSPS) is 11.8. The minimum absolute atomic E-state index is 0.367. The van der Waals surface area contributed by atoms with Gasteiger partial charge in [0.2, 0.25) is 0 Å². The van der Waals surface area contributed by atoms with E-state index in [9.17, 15) is 0 Å². The van der Waals surface area contributed by atoms with Gasteiger partial charge in [0.1, 0.15) is 0 Å². The van der Waals surface area contributed by atoms with Gasteiger partial charge in [0.15, 0.2) is 0 Å². The van der Waals surface area contributed by atoms with Crippen LogP contribution in [-0.4, -0.2) is 0 Å². The van der Waals surface area contributed by atoms with Crippen molar-refractivity contribution in [1.29, 1.82) is 0 Å². The Morgan fingerprint density at radius 1 is 0.889 bits per heavy atom. The zero-order chi connectivity index (χ0) is 12.8. The Labute approximate surface area is 109 Å². The topological polar surface area (TPSA) is 0 Å². The lowest BCUT2D eigenvalue weighted by molar-refractivity contribution is 0.838. The van der Waals surface area contributed by atoms with Gasteiger partial charge in [-0.3, -0.25) is 0 Å². The third-order valence-corrected chi connectivity index (χ3v) is 3.18. The highest BCUT2D eigenvalue weighted by molar-refractivity contribution is 5.47. The fourth-order valence-electron chi connectivity index (χ4n) is 2.08. The summed E-state index contributed by atoms with van der Waals surface area (Å²) in [5.74, 6) is 0.367. The molecule has 2 aromatic carbocycles. The fraction of sp³-hybridized carbons (Fsp3) is 0.111. The van der Waals surface area contributed by atoms with Gasteiger partial charge in [-0.25, -0.2) is 0 Å². The van der Waals surface area contributed by atoms with Crippen LogP contribution in [0.2, 0.25) is 0 Å². The molecular weight excluding hydrogens is 216 g/mol. The van der Waals surface area contributed by atoms with Crippen LogP contribution in [0.3, 0.4) is 0 Å². The molecule has 0 amide bonds. The highest BCUT2D eigenvalue weighted by Crippen LogP contribution is 2.22. The zero-order valence-corrected chi connectivity index (χ0v) is 10.5. The maximum atomic E-state index is 3.96. The molecule has 90 valence electrons. The molecule has 0 saturated heterocycles. The average Bonchev–Trinajstić information content (AvgIpc) is 2.46. The molecule has 0 heterocycles. The van der Waals surface area contributed by atoms with E-state index in [0.717, 1.165) is 12.0 Å². The summed E-state index contributed by atoms with van der Waals surface area (Å²) >= 11 is 0. The van der Waals surface area contributed by atoms with Crippen molar-refractivity contribution < 1.29 is 0 Å². The van der Waals surface area contributed by atoms with Crippen LogP contribution in [0.4, 0.5) is 0 Å². The molecule has 1 unspecified atom stereocenters. The Morgan fingerprint density at radius 2 is 1.56 bits per heavy atom. The third kappa shape index (κ3) is 2.98. The minimum atomic E-state index is 0.367. The molecule has 0 radical (unpaired) electrons. The van der Waals surface area contributed by atoms with Crippen LogP contribution in [0.25, 0.3) is 6.08 Å². The highest BCUT2D eigenvalue weighted by Gasteiger charge is 2.08. The monoisotopic (exact) mass is 234 g/mol. The number of hydrogen-bond acceptors (Lipinski definition) is 0. The Balaban J connectivity index is 2.17. The van der Waals surface area contributed by atoms with Gasteiger partial charge < -0.3 is 0 Å². The molecule has 18 heavy (non-hydrogen) atoms. The molecule has 1 atom stereocenters. The van der Waals surface area contributed by atoms with Crippen molar-refractivity contribution in [2.75, 3.05) is 0 Å².